The van der Waals surface area contributed by atoms with Crippen molar-refractivity contribution in [1.82, 2.24) is 4.90 Å². The van der Waals surface area contributed by atoms with Crippen molar-refractivity contribution in [2.45, 2.75) is 42.5 Å². The van der Waals surface area contributed by atoms with Crippen LogP contribution in [0.4, 0.5) is 0 Å². The van der Waals surface area contributed by atoms with Crippen molar-refractivity contribution in [2.75, 3.05) is 13.1 Å². The summed E-state index contributed by atoms with van der Waals surface area (Å²) in [7, 11) is 0. The predicted molar refractivity (Wildman–Crippen MR) is 100 cm³/mol. The number of nitrogens with zero attached hydrogens (tertiary/aromatic N) is 1. The standard InChI is InChI=1S/C8H11NO4.C4H11N.C3H4O2.2CH4/c1-6(2)3-9(7(12)4-10)8(13)5-11;1-4(2)3-5;1-2-3(4)5;;/h6,12-13H,3H2,1-2H3;4H,3,5H2,1-2H3;2H,1H2,(H,4,5);2*1H4. The lowest BCUT2D eigenvalue weighted by Crippen LogP contribution is -2.27. The molecule has 8 heteroatoms. The third kappa shape index (κ3) is 26.7. The normalized spacial score (nSPS) is 7.80. The van der Waals surface area contributed by atoms with Crippen LogP contribution in [0.3, 0.4) is 0 Å². The molecular weight excluding hydrogens is 328 g/mol. The van der Waals surface area contributed by atoms with E-state index in [1.807, 2.05) is 0 Å². The summed E-state index contributed by atoms with van der Waals surface area (Å²) < 4.78 is 0. The molecule has 0 aromatic carbocycles. The zero-order valence-electron chi connectivity index (χ0n) is 13.9. The lowest BCUT2D eigenvalue weighted by atomic mass is 10.2. The number of nitrogens with two attached hydrogens (primary N) is 1. The largest absolute Gasteiger partial charge is 0.486 e. The molecule has 5 N–H and O–H groups in total. The van der Waals surface area contributed by atoms with Gasteiger partial charge in [-0.25, -0.2) is 14.4 Å². The predicted octanol–water partition coefficient (Wildman–Crippen LogP) is 2.54. The maximum absolute atomic E-state index is 10.0. The third-order valence-electron chi connectivity index (χ3n) is 1.89. The van der Waals surface area contributed by atoms with Crippen molar-refractivity contribution in [2.24, 2.45) is 17.6 Å². The molecule has 0 rings (SSSR count). The van der Waals surface area contributed by atoms with Crippen molar-refractivity contribution in [1.29, 1.82) is 0 Å². The van der Waals surface area contributed by atoms with Crippen LogP contribution in [-0.4, -0.2) is 51.2 Å². The van der Waals surface area contributed by atoms with Gasteiger partial charge in [0.05, 0.1) is 0 Å². The van der Waals surface area contributed by atoms with E-state index in [1.54, 1.807) is 13.8 Å². The maximum Gasteiger partial charge on any atom is 0.327 e. The molecule has 0 aliphatic heterocycles. The first-order valence-corrected chi connectivity index (χ1v) is 6.78. The van der Waals surface area contributed by atoms with Crippen LogP contribution in [0.15, 0.2) is 24.4 Å². The molecule has 0 aromatic rings. The van der Waals surface area contributed by atoms with Crippen LogP contribution in [0.5, 0.6) is 0 Å². The lowest BCUT2D eigenvalue weighted by molar-refractivity contribution is -0.131. The van der Waals surface area contributed by atoms with Crippen LogP contribution in [0.1, 0.15) is 42.5 Å². The molecule has 0 heterocycles. The van der Waals surface area contributed by atoms with Gasteiger partial charge in [0.25, 0.3) is 11.8 Å². The molecule has 8 nitrogen and oxygen atoms in total. The fraction of sp³-hybridized carbons (Fsp3) is 0.588. The van der Waals surface area contributed by atoms with Gasteiger partial charge >= 0.3 is 5.97 Å². The number of aliphatic hydroxyl groups excluding tert-OH is 2. The lowest BCUT2D eigenvalue weighted by Gasteiger charge is -2.19. The van der Waals surface area contributed by atoms with Gasteiger partial charge in [0, 0.05) is 12.6 Å². The van der Waals surface area contributed by atoms with E-state index in [0.717, 1.165) is 17.5 Å². The molecule has 0 atom stereocenters. The van der Waals surface area contributed by atoms with Gasteiger partial charge in [-0.15, -0.1) is 0 Å². The number of aliphatic carboxylic acids is 1. The minimum atomic E-state index is -0.981. The smallest absolute Gasteiger partial charge is 0.327 e. The zero-order valence-corrected chi connectivity index (χ0v) is 13.9. The zero-order chi connectivity index (χ0) is 19.0. The summed E-state index contributed by atoms with van der Waals surface area (Å²) >= 11 is 0. The topological polar surface area (TPSA) is 141 Å². The van der Waals surface area contributed by atoms with E-state index < -0.39 is 17.7 Å². The van der Waals surface area contributed by atoms with Crippen LogP contribution < -0.4 is 5.73 Å². The highest BCUT2D eigenvalue weighted by Crippen LogP contribution is 2.07. The Morgan fingerprint density at radius 3 is 1.44 bits per heavy atom. The summed E-state index contributed by atoms with van der Waals surface area (Å²) in [5.74, 6) is 0.441. The van der Waals surface area contributed by atoms with Gasteiger partial charge in [0.2, 0.25) is 0 Å². The highest BCUT2D eigenvalue weighted by Gasteiger charge is 2.16. The van der Waals surface area contributed by atoms with E-state index in [0.29, 0.717) is 5.92 Å². The SMILES string of the molecule is C.C.C=CC(=O)O.CC(C)CN.CC(C)CN(C(O)=C=O)C(O)=C=O. The van der Waals surface area contributed by atoms with Crippen molar-refractivity contribution < 1.29 is 29.7 Å². The molecule has 0 amide bonds. The van der Waals surface area contributed by atoms with Crippen LogP contribution in [0.25, 0.3) is 0 Å². The Labute approximate surface area is 150 Å². The Balaban J connectivity index is -0.0000000933. The maximum atomic E-state index is 10.0. The van der Waals surface area contributed by atoms with Crippen LogP contribution in [-0.2, 0) is 14.4 Å². The van der Waals surface area contributed by atoms with Gasteiger partial charge in [-0.1, -0.05) is 49.1 Å². The number of carboxylic acids is 1. The number of carboxylic acid groups (broad SMARTS) is 1. The molecule has 0 fully saturated rings. The Morgan fingerprint density at radius 1 is 1.04 bits per heavy atom. The van der Waals surface area contributed by atoms with Crippen molar-refractivity contribution >= 4 is 17.9 Å². The van der Waals surface area contributed by atoms with E-state index in [-0.39, 0.29) is 27.3 Å². The fourth-order valence-electron chi connectivity index (χ4n) is 0.749. The minimum Gasteiger partial charge on any atom is -0.486 e. The van der Waals surface area contributed by atoms with Crippen molar-refractivity contribution in [3.8, 4) is 0 Å². The Morgan fingerprint density at radius 2 is 1.32 bits per heavy atom. The summed E-state index contributed by atoms with van der Waals surface area (Å²) in [5, 5.41) is 25.5. The highest BCUT2D eigenvalue weighted by molar-refractivity contribution is 5.78. The van der Waals surface area contributed by atoms with Crippen LogP contribution in [0, 0.1) is 11.8 Å². The molecule has 0 saturated heterocycles. The summed E-state index contributed by atoms with van der Waals surface area (Å²) in [6.45, 7) is 11.7. The first kappa shape index (κ1) is 33.9. The Hall–Kier alpha value is -2.53. The molecule has 0 spiro atoms. The first-order valence-electron chi connectivity index (χ1n) is 6.78. The third-order valence-corrected chi connectivity index (χ3v) is 1.89. The first-order chi connectivity index (χ1) is 10.6. The Kier molecular flexibility index (Phi) is 29.1. The molecule has 0 radical (unpaired) electrons. The number of hydrogen-bond donors (Lipinski definition) is 4. The van der Waals surface area contributed by atoms with Gasteiger partial charge in [0.15, 0.2) is 11.9 Å². The summed E-state index contributed by atoms with van der Waals surface area (Å²) in [6.07, 6.45) is 0.833. The average molecular weight is 362 g/mol. The Bertz CT molecular complexity index is 424. The molecule has 0 aliphatic carbocycles. The van der Waals surface area contributed by atoms with E-state index in [9.17, 15) is 14.4 Å². The van der Waals surface area contributed by atoms with Crippen molar-refractivity contribution in [3.05, 3.63) is 24.4 Å². The van der Waals surface area contributed by atoms with E-state index in [1.165, 1.54) is 11.9 Å². The summed E-state index contributed by atoms with van der Waals surface area (Å²) in [4.78, 5) is 30.1. The number of rotatable bonds is 6. The second kappa shape index (κ2) is 21.5. The van der Waals surface area contributed by atoms with E-state index in [4.69, 9.17) is 21.1 Å². The molecule has 25 heavy (non-hydrogen) atoms. The van der Waals surface area contributed by atoms with Crippen molar-refractivity contribution in [3.63, 3.8) is 0 Å². The second-order valence-electron chi connectivity index (χ2n) is 5.03. The number of hydrogen-bond acceptors (Lipinski definition) is 7. The van der Waals surface area contributed by atoms with Gasteiger partial charge < -0.3 is 21.1 Å². The molecule has 0 saturated carbocycles. The molecule has 0 unspecified atom stereocenters. The van der Waals surface area contributed by atoms with Gasteiger partial charge in [-0.05, 0) is 18.4 Å². The number of aliphatic hydroxyl groups is 2. The minimum absolute atomic E-state index is 0. The van der Waals surface area contributed by atoms with Gasteiger partial charge in [0.1, 0.15) is 0 Å². The average Bonchev–Trinajstić information content (AvgIpc) is 2.51. The molecule has 0 aliphatic rings. The summed E-state index contributed by atoms with van der Waals surface area (Å²) in [5.41, 5.74) is 5.17. The molecular formula is C17H34N2O6. The molecule has 148 valence electrons. The molecule has 0 bridgehead atoms. The monoisotopic (exact) mass is 362 g/mol. The number of carbonyl (C=O) groups excluding carboxylic acids is 2. The quantitative estimate of drug-likeness (QED) is 0.321. The van der Waals surface area contributed by atoms with E-state index >= 15 is 0 Å². The second-order valence-corrected chi connectivity index (χ2v) is 5.03. The number of carbonyl (C=O) groups is 1. The van der Waals surface area contributed by atoms with Gasteiger partial charge in [-0.3, -0.25) is 4.90 Å². The molecule has 0 aromatic heterocycles. The van der Waals surface area contributed by atoms with Gasteiger partial charge in [-0.2, -0.15) is 0 Å². The fourth-order valence-corrected chi connectivity index (χ4v) is 0.749. The summed E-state index contributed by atoms with van der Waals surface area (Å²) in [6, 6.07) is 0. The highest BCUT2D eigenvalue weighted by atomic mass is 16.4. The van der Waals surface area contributed by atoms with Crippen LogP contribution in [0.2, 0.25) is 0 Å². The van der Waals surface area contributed by atoms with Crippen LogP contribution >= 0.6 is 0 Å². The van der Waals surface area contributed by atoms with E-state index in [2.05, 4.69) is 20.4 Å².